The number of thioether (sulfide) groups is 1. The molecule has 0 aliphatic carbocycles. The topological polar surface area (TPSA) is 138 Å². The SMILES string of the molecule is CCOc1cc(/C=C2\SC(=O)N(CC(=O)O[C@@H](C)CC)C2=O)ccc1Oc1ccc([N+](=O)[O-])cn1. The fraction of sp³-hybridized carbons (Fsp3) is 0.304. The Labute approximate surface area is 205 Å². The van der Waals surface area contributed by atoms with E-state index in [0.29, 0.717) is 30.1 Å². The molecule has 3 rings (SSSR count). The molecule has 0 bridgehead atoms. The summed E-state index contributed by atoms with van der Waals surface area (Å²) in [6.45, 7) is 5.24. The molecule has 1 atom stereocenters. The maximum Gasteiger partial charge on any atom is 0.326 e. The van der Waals surface area contributed by atoms with Gasteiger partial charge in [-0.05, 0) is 55.8 Å². The number of hydrogen-bond donors (Lipinski definition) is 0. The predicted molar refractivity (Wildman–Crippen MR) is 127 cm³/mol. The third kappa shape index (κ3) is 6.57. The molecular formula is C23H23N3O8S. The summed E-state index contributed by atoms with van der Waals surface area (Å²) in [5.41, 5.74) is 0.393. The van der Waals surface area contributed by atoms with Crippen LogP contribution >= 0.6 is 11.8 Å². The Morgan fingerprint density at radius 2 is 2.00 bits per heavy atom. The van der Waals surface area contributed by atoms with Crippen LogP contribution in [0.3, 0.4) is 0 Å². The number of rotatable bonds is 10. The van der Waals surface area contributed by atoms with Gasteiger partial charge in [0.2, 0.25) is 5.88 Å². The number of nitro groups is 1. The summed E-state index contributed by atoms with van der Waals surface area (Å²) in [6.07, 6.45) is 2.91. The average Bonchev–Trinajstić information content (AvgIpc) is 3.08. The minimum Gasteiger partial charge on any atom is -0.490 e. The third-order valence-electron chi connectivity index (χ3n) is 4.78. The highest BCUT2D eigenvalue weighted by molar-refractivity contribution is 8.18. The van der Waals surface area contributed by atoms with E-state index in [9.17, 15) is 24.5 Å². The van der Waals surface area contributed by atoms with Gasteiger partial charge in [-0.25, -0.2) is 4.98 Å². The molecule has 0 spiro atoms. The minimum atomic E-state index is -0.650. The van der Waals surface area contributed by atoms with E-state index in [2.05, 4.69) is 4.98 Å². The Balaban J connectivity index is 1.77. The van der Waals surface area contributed by atoms with Crippen LogP contribution in [0.15, 0.2) is 41.4 Å². The molecular weight excluding hydrogens is 478 g/mol. The van der Waals surface area contributed by atoms with E-state index in [0.717, 1.165) is 22.9 Å². The van der Waals surface area contributed by atoms with E-state index in [1.54, 1.807) is 32.0 Å². The normalized spacial score (nSPS) is 15.3. The Bertz CT molecular complexity index is 1170. The number of pyridine rings is 1. The summed E-state index contributed by atoms with van der Waals surface area (Å²) in [4.78, 5) is 52.2. The smallest absolute Gasteiger partial charge is 0.326 e. The number of carbonyl (C=O) groups is 3. The summed E-state index contributed by atoms with van der Waals surface area (Å²) in [7, 11) is 0. The predicted octanol–water partition coefficient (Wildman–Crippen LogP) is 4.56. The monoisotopic (exact) mass is 501 g/mol. The second-order valence-corrected chi connectivity index (χ2v) is 8.32. The van der Waals surface area contributed by atoms with Gasteiger partial charge in [0, 0.05) is 12.1 Å². The van der Waals surface area contributed by atoms with Crippen LogP contribution in [0.1, 0.15) is 32.8 Å². The molecule has 1 aliphatic rings. The largest absolute Gasteiger partial charge is 0.490 e. The quantitative estimate of drug-likeness (QED) is 0.197. The first kappa shape index (κ1) is 25.7. The van der Waals surface area contributed by atoms with Gasteiger partial charge in [-0.15, -0.1) is 0 Å². The van der Waals surface area contributed by atoms with Gasteiger partial charge in [0.15, 0.2) is 11.5 Å². The Morgan fingerprint density at radius 3 is 2.63 bits per heavy atom. The Morgan fingerprint density at radius 1 is 1.23 bits per heavy atom. The van der Waals surface area contributed by atoms with Crippen molar-refractivity contribution in [1.82, 2.24) is 9.88 Å². The van der Waals surface area contributed by atoms with Gasteiger partial charge in [0.05, 0.1) is 22.5 Å². The third-order valence-corrected chi connectivity index (χ3v) is 5.69. The lowest BCUT2D eigenvalue weighted by atomic mass is 10.2. The molecule has 1 fully saturated rings. The van der Waals surface area contributed by atoms with Crippen molar-refractivity contribution in [2.75, 3.05) is 13.2 Å². The molecule has 1 saturated heterocycles. The molecule has 2 amide bonds. The van der Waals surface area contributed by atoms with Gasteiger partial charge < -0.3 is 14.2 Å². The minimum absolute atomic E-state index is 0.134. The van der Waals surface area contributed by atoms with Crippen molar-refractivity contribution in [3.8, 4) is 17.4 Å². The van der Waals surface area contributed by atoms with Crippen LogP contribution in [0.25, 0.3) is 6.08 Å². The van der Waals surface area contributed by atoms with Gasteiger partial charge in [-0.3, -0.25) is 29.4 Å². The number of nitrogens with zero attached hydrogens (tertiary/aromatic N) is 3. The van der Waals surface area contributed by atoms with E-state index >= 15 is 0 Å². The molecule has 0 unspecified atom stereocenters. The molecule has 11 nitrogen and oxygen atoms in total. The van der Waals surface area contributed by atoms with E-state index in [1.807, 2.05) is 6.92 Å². The second kappa shape index (κ2) is 11.5. The van der Waals surface area contributed by atoms with E-state index in [-0.39, 0.29) is 22.6 Å². The summed E-state index contributed by atoms with van der Waals surface area (Å²) >= 11 is 0.727. The first-order chi connectivity index (χ1) is 16.7. The molecule has 35 heavy (non-hydrogen) atoms. The molecule has 1 aliphatic heterocycles. The molecule has 1 aromatic heterocycles. The molecule has 0 radical (unpaired) electrons. The molecule has 2 heterocycles. The number of carbonyl (C=O) groups excluding carboxylic acids is 3. The fourth-order valence-electron chi connectivity index (χ4n) is 2.88. The van der Waals surface area contributed by atoms with Crippen LogP contribution in [0.5, 0.6) is 17.4 Å². The zero-order valence-electron chi connectivity index (χ0n) is 19.3. The molecule has 12 heteroatoms. The van der Waals surface area contributed by atoms with Crippen molar-refractivity contribution in [1.29, 1.82) is 0 Å². The summed E-state index contributed by atoms with van der Waals surface area (Å²) in [5.74, 6) is -0.448. The highest BCUT2D eigenvalue weighted by Crippen LogP contribution is 2.36. The van der Waals surface area contributed by atoms with Crippen LogP contribution in [0.2, 0.25) is 0 Å². The van der Waals surface area contributed by atoms with Crippen molar-refractivity contribution in [2.24, 2.45) is 0 Å². The van der Waals surface area contributed by atoms with Crippen molar-refractivity contribution in [2.45, 2.75) is 33.3 Å². The van der Waals surface area contributed by atoms with Gasteiger partial charge in [0.25, 0.3) is 16.8 Å². The van der Waals surface area contributed by atoms with E-state index in [1.165, 1.54) is 18.2 Å². The van der Waals surface area contributed by atoms with E-state index in [4.69, 9.17) is 14.2 Å². The van der Waals surface area contributed by atoms with Crippen LogP contribution in [-0.4, -0.2) is 51.2 Å². The maximum absolute atomic E-state index is 12.7. The first-order valence-electron chi connectivity index (χ1n) is 10.7. The summed E-state index contributed by atoms with van der Waals surface area (Å²) in [6, 6.07) is 7.49. The summed E-state index contributed by atoms with van der Waals surface area (Å²) in [5, 5.41) is 10.2. The van der Waals surface area contributed by atoms with Crippen LogP contribution in [0.4, 0.5) is 10.5 Å². The highest BCUT2D eigenvalue weighted by atomic mass is 32.2. The van der Waals surface area contributed by atoms with Gasteiger partial charge in [0.1, 0.15) is 12.7 Å². The molecule has 184 valence electrons. The van der Waals surface area contributed by atoms with Crippen molar-refractivity contribution in [3.63, 3.8) is 0 Å². The standard InChI is InChI=1S/C23H23N3O8S/c1-4-14(3)33-21(27)13-25-22(28)19(35-23(25)29)11-15-6-8-17(18(10-15)32-5-2)34-20-9-7-16(12-24-20)26(30)31/h6-12,14H,4-5,13H2,1-3H3/b19-11-/t14-/m0/s1. The number of hydrogen-bond acceptors (Lipinski definition) is 10. The fourth-order valence-corrected chi connectivity index (χ4v) is 3.72. The number of aromatic nitrogens is 1. The van der Waals surface area contributed by atoms with E-state index < -0.39 is 28.6 Å². The average molecular weight is 502 g/mol. The highest BCUT2D eigenvalue weighted by Gasteiger charge is 2.37. The lowest BCUT2D eigenvalue weighted by Gasteiger charge is -2.14. The van der Waals surface area contributed by atoms with Crippen LogP contribution in [0, 0.1) is 10.1 Å². The second-order valence-electron chi connectivity index (χ2n) is 7.33. The molecule has 0 saturated carbocycles. The number of esters is 1. The van der Waals surface area contributed by atoms with Crippen molar-refractivity contribution < 1.29 is 33.5 Å². The van der Waals surface area contributed by atoms with Crippen LogP contribution < -0.4 is 9.47 Å². The molecule has 1 aromatic carbocycles. The van der Waals surface area contributed by atoms with Crippen LogP contribution in [-0.2, 0) is 14.3 Å². The Kier molecular flexibility index (Phi) is 8.42. The van der Waals surface area contributed by atoms with Crippen molar-refractivity contribution >= 4 is 40.6 Å². The summed E-state index contributed by atoms with van der Waals surface area (Å²) < 4.78 is 16.5. The molecule has 2 aromatic rings. The van der Waals surface area contributed by atoms with Gasteiger partial charge in [-0.1, -0.05) is 13.0 Å². The molecule has 0 N–H and O–H groups in total. The zero-order valence-corrected chi connectivity index (χ0v) is 20.1. The first-order valence-corrected chi connectivity index (χ1v) is 11.5. The van der Waals surface area contributed by atoms with Crippen molar-refractivity contribution in [3.05, 3.63) is 57.1 Å². The number of amides is 2. The van der Waals surface area contributed by atoms with Gasteiger partial charge in [-0.2, -0.15) is 0 Å². The van der Waals surface area contributed by atoms with Gasteiger partial charge >= 0.3 is 5.97 Å². The number of ether oxygens (including phenoxy) is 3. The lowest BCUT2D eigenvalue weighted by Crippen LogP contribution is -2.35. The zero-order chi connectivity index (χ0) is 25.5. The maximum atomic E-state index is 12.7. The number of benzene rings is 1. The Hall–Kier alpha value is -3.93. The lowest BCUT2D eigenvalue weighted by molar-refractivity contribution is -0.385. The number of imide groups is 1.